The molecule has 3 saturated heterocycles. The van der Waals surface area contributed by atoms with Gasteiger partial charge in [0.1, 0.15) is 0 Å². The number of rotatable bonds is 6. The monoisotopic (exact) mass is 354 g/mol. The second kappa shape index (κ2) is 8.93. The van der Waals surface area contributed by atoms with Crippen molar-refractivity contribution in [3.05, 3.63) is 0 Å². The van der Waals surface area contributed by atoms with Crippen molar-refractivity contribution in [2.24, 2.45) is 11.7 Å². The first-order valence-electron chi connectivity index (χ1n) is 9.35. The van der Waals surface area contributed by atoms with Crippen molar-refractivity contribution in [1.29, 1.82) is 0 Å². The minimum absolute atomic E-state index is 0.109. The van der Waals surface area contributed by atoms with E-state index in [1.54, 1.807) is 0 Å². The van der Waals surface area contributed by atoms with Crippen LogP contribution < -0.4 is 11.1 Å². The molecule has 3 fully saturated rings. The zero-order valence-electron chi connectivity index (χ0n) is 14.8. The summed E-state index contributed by atoms with van der Waals surface area (Å²) in [5, 5.41) is 2.97. The fraction of sp³-hybridized carbons (Fsp3) is 0.882. The summed E-state index contributed by atoms with van der Waals surface area (Å²) in [5.74, 6) is 0.140. The molecule has 0 aromatic rings. The van der Waals surface area contributed by atoms with Crippen LogP contribution in [0.2, 0.25) is 0 Å². The van der Waals surface area contributed by atoms with Crippen LogP contribution in [-0.2, 0) is 19.1 Å². The molecular formula is C17H30N4O4. The van der Waals surface area contributed by atoms with Crippen molar-refractivity contribution in [2.45, 2.75) is 31.3 Å². The van der Waals surface area contributed by atoms with E-state index in [0.29, 0.717) is 32.7 Å². The van der Waals surface area contributed by atoms with Crippen molar-refractivity contribution in [3.8, 4) is 0 Å². The zero-order valence-corrected chi connectivity index (χ0v) is 14.8. The van der Waals surface area contributed by atoms with Crippen LogP contribution in [0.1, 0.15) is 19.3 Å². The maximum absolute atomic E-state index is 12.4. The number of amides is 2. The van der Waals surface area contributed by atoms with Crippen LogP contribution in [0.4, 0.5) is 0 Å². The van der Waals surface area contributed by atoms with Gasteiger partial charge in [0.05, 0.1) is 25.3 Å². The van der Waals surface area contributed by atoms with Gasteiger partial charge >= 0.3 is 0 Å². The van der Waals surface area contributed by atoms with E-state index in [9.17, 15) is 9.59 Å². The number of hydrogen-bond acceptors (Lipinski definition) is 6. The number of likely N-dealkylation sites (tertiary alicyclic amines) is 1. The number of nitrogens with one attached hydrogen (secondary N) is 1. The largest absolute Gasteiger partial charge is 0.381 e. The van der Waals surface area contributed by atoms with Crippen LogP contribution in [-0.4, -0.2) is 92.8 Å². The molecule has 2 unspecified atom stereocenters. The first-order chi connectivity index (χ1) is 12.1. The molecule has 3 rings (SSSR count). The molecule has 8 nitrogen and oxygen atoms in total. The van der Waals surface area contributed by atoms with Crippen molar-refractivity contribution in [1.82, 2.24) is 15.1 Å². The lowest BCUT2D eigenvalue weighted by Crippen LogP contribution is -2.50. The zero-order chi connectivity index (χ0) is 17.6. The van der Waals surface area contributed by atoms with Gasteiger partial charge in [-0.15, -0.1) is 0 Å². The average Bonchev–Trinajstić information content (AvgIpc) is 3.00. The highest BCUT2D eigenvalue weighted by molar-refractivity contribution is 5.85. The Morgan fingerprint density at radius 3 is 2.56 bits per heavy atom. The van der Waals surface area contributed by atoms with Gasteiger partial charge in [0.15, 0.2) is 0 Å². The van der Waals surface area contributed by atoms with Gasteiger partial charge in [-0.25, -0.2) is 0 Å². The summed E-state index contributed by atoms with van der Waals surface area (Å²) in [6.45, 7) is 6.84. The van der Waals surface area contributed by atoms with Gasteiger partial charge in [-0.05, 0) is 18.8 Å². The Balaban J connectivity index is 1.41. The molecule has 0 radical (unpaired) electrons. The highest BCUT2D eigenvalue weighted by Crippen LogP contribution is 2.18. The SMILES string of the molecule is NC(C(=O)NC1CC(=O)N(CCN2CCOCC2)C1)C1CCOCC1. The number of nitrogens with zero attached hydrogens (tertiary/aromatic N) is 2. The number of ether oxygens (including phenoxy) is 2. The summed E-state index contributed by atoms with van der Waals surface area (Å²) in [6, 6.07) is -0.642. The smallest absolute Gasteiger partial charge is 0.237 e. The molecule has 0 bridgehead atoms. The molecule has 25 heavy (non-hydrogen) atoms. The molecule has 2 amide bonds. The maximum Gasteiger partial charge on any atom is 0.237 e. The Kier molecular flexibility index (Phi) is 6.63. The van der Waals surface area contributed by atoms with Gasteiger partial charge < -0.3 is 25.4 Å². The number of carbonyl (C=O) groups is 2. The molecule has 142 valence electrons. The van der Waals surface area contributed by atoms with Crippen LogP contribution in [0.5, 0.6) is 0 Å². The number of hydrogen-bond donors (Lipinski definition) is 2. The van der Waals surface area contributed by atoms with Gasteiger partial charge in [-0.3, -0.25) is 14.5 Å². The van der Waals surface area contributed by atoms with Gasteiger partial charge in [-0.1, -0.05) is 0 Å². The molecule has 8 heteroatoms. The van der Waals surface area contributed by atoms with E-state index >= 15 is 0 Å². The molecule has 0 aliphatic carbocycles. The van der Waals surface area contributed by atoms with Crippen LogP contribution in [0.3, 0.4) is 0 Å². The Morgan fingerprint density at radius 2 is 1.84 bits per heavy atom. The maximum atomic E-state index is 12.4. The van der Waals surface area contributed by atoms with E-state index in [1.165, 1.54) is 0 Å². The molecule has 3 N–H and O–H groups in total. The molecule has 3 aliphatic heterocycles. The van der Waals surface area contributed by atoms with E-state index < -0.39 is 6.04 Å². The third kappa shape index (κ3) is 5.13. The summed E-state index contributed by atoms with van der Waals surface area (Å²) in [5.41, 5.74) is 6.11. The van der Waals surface area contributed by atoms with Crippen molar-refractivity contribution >= 4 is 11.8 Å². The summed E-state index contributed by atoms with van der Waals surface area (Å²) in [4.78, 5) is 28.7. The first kappa shape index (κ1) is 18.6. The Hall–Kier alpha value is -1.22. The predicted molar refractivity (Wildman–Crippen MR) is 91.9 cm³/mol. The lowest BCUT2D eigenvalue weighted by atomic mass is 9.91. The first-order valence-corrected chi connectivity index (χ1v) is 9.35. The molecule has 0 aromatic carbocycles. The van der Waals surface area contributed by atoms with Crippen LogP contribution in [0.25, 0.3) is 0 Å². The Morgan fingerprint density at radius 1 is 1.16 bits per heavy atom. The second-order valence-electron chi connectivity index (χ2n) is 7.18. The minimum Gasteiger partial charge on any atom is -0.381 e. The van der Waals surface area contributed by atoms with E-state index in [1.807, 2.05) is 4.90 Å². The lowest BCUT2D eigenvalue weighted by molar-refractivity contribution is -0.128. The fourth-order valence-electron chi connectivity index (χ4n) is 3.76. The van der Waals surface area contributed by atoms with Crippen LogP contribution in [0, 0.1) is 5.92 Å². The molecule has 0 spiro atoms. The second-order valence-corrected chi connectivity index (χ2v) is 7.18. The van der Waals surface area contributed by atoms with Crippen LogP contribution >= 0.6 is 0 Å². The quantitative estimate of drug-likeness (QED) is 0.621. The van der Waals surface area contributed by atoms with E-state index in [2.05, 4.69) is 10.2 Å². The van der Waals surface area contributed by atoms with Gasteiger partial charge in [0.25, 0.3) is 0 Å². The highest BCUT2D eigenvalue weighted by Gasteiger charge is 2.33. The summed E-state index contributed by atoms with van der Waals surface area (Å²) >= 11 is 0. The molecule has 0 aromatic heterocycles. The van der Waals surface area contributed by atoms with Gasteiger partial charge in [0, 0.05) is 52.4 Å². The minimum atomic E-state index is -0.513. The third-order valence-corrected chi connectivity index (χ3v) is 5.43. The number of carbonyl (C=O) groups excluding carboxylic acids is 2. The standard InChI is InChI=1S/C17H30N4O4/c18-16(13-1-7-24-8-2-13)17(23)19-14-11-15(22)21(12-14)4-3-20-5-9-25-10-6-20/h13-14,16H,1-12,18H2,(H,19,23). The molecule has 3 aliphatic rings. The molecule has 2 atom stereocenters. The number of nitrogens with two attached hydrogens (primary N) is 1. The van der Waals surface area contributed by atoms with Crippen molar-refractivity contribution in [3.63, 3.8) is 0 Å². The van der Waals surface area contributed by atoms with E-state index in [-0.39, 0.29) is 23.8 Å². The molecule has 0 saturated carbocycles. The van der Waals surface area contributed by atoms with Gasteiger partial charge in [0.2, 0.25) is 11.8 Å². The van der Waals surface area contributed by atoms with Crippen molar-refractivity contribution in [2.75, 3.05) is 59.2 Å². The van der Waals surface area contributed by atoms with Gasteiger partial charge in [-0.2, -0.15) is 0 Å². The predicted octanol–water partition coefficient (Wildman–Crippen LogP) is -1.21. The Bertz CT molecular complexity index is 464. The van der Waals surface area contributed by atoms with E-state index in [4.69, 9.17) is 15.2 Å². The third-order valence-electron chi connectivity index (χ3n) is 5.43. The Labute approximate surface area is 149 Å². The average molecular weight is 354 g/mol. The number of morpholine rings is 1. The summed E-state index contributed by atoms with van der Waals surface area (Å²) < 4.78 is 10.7. The van der Waals surface area contributed by atoms with Crippen molar-refractivity contribution < 1.29 is 19.1 Å². The normalized spacial score (nSPS) is 27.5. The highest BCUT2D eigenvalue weighted by atomic mass is 16.5. The summed E-state index contributed by atoms with van der Waals surface area (Å²) in [6.07, 6.45) is 2.02. The fourth-order valence-corrected chi connectivity index (χ4v) is 3.76. The molecule has 3 heterocycles. The lowest BCUT2D eigenvalue weighted by Gasteiger charge is -2.29. The molecular weight excluding hydrogens is 324 g/mol. The topological polar surface area (TPSA) is 97.1 Å². The van der Waals surface area contributed by atoms with Crippen LogP contribution in [0.15, 0.2) is 0 Å². The van der Waals surface area contributed by atoms with E-state index in [0.717, 1.165) is 45.7 Å². The summed E-state index contributed by atoms with van der Waals surface area (Å²) in [7, 11) is 0.